The van der Waals surface area contributed by atoms with E-state index in [9.17, 15) is 0 Å². The molecule has 106 valence electrons. The predicted molar refractivity (Wildman–Crippen MR) is 76.8 cm³/mol. The van der Waals surface area contributed by atoms with E-state index in [0.29, 0.717) is 30.9 Å². The van der Waals surface area contributed by atoms with Gasteiger partial charge in [-0.3, -0.25) is 4.90 Å². The van der Waals surface area contributed by atoms with Gasteiger partial charge in [0.05, 0.1) is 6.54 Å². The number of likely N-dealkylation sites (tertiary alicyclic amines) is 1. The zero-order valence-electron chi connectivity index (χ0n) is 11.5. The Morgan fingerprint density at radius 1 is 1.20 bits per heavy atom. The molecule has 5 nitrogen and oxygen atoms in total. The Balaban J connectivity index is 1.71. The van der Waals surface area contributed by atoms with Crippen molar-refractivity contribution >= 4 is 0 Å². The van der Waals surface area contributed by atoms with E-state index in [2.05, 4.69) is 15.1 Å². The smallest absolute Gasteiger partial charge is 0.247 e. The second-order valence-corrected chi connectivity index (χ2v) is 5.22. The first kappa shape index (κ1) is 13.3. The monoisotopic (exact) mass is 272 g/mol. The van der Waals surface area contributed by atoms with Gasteiger partial charge in [-0.25, -0.2) is 0 Å². The minimum atomic E-state index is 0.441. The van der Waals surface area contributed by atoms with Crippen molar-refractivity contribution in [1.82, 2.24) is 15.1 Å². The Morgan fingerprint density at radius 3 is 2.85 bits per heavy atom. The molecule has 1 saturated heterocycles. The highest BCUT2D eigenvalue weighted by Crippen LogP contribution is 2.21. The lowest BCUT2D eigenvalue weighted by atomic mass is 10.0. The van der Waals surface area contributed by atoms with E-state index in [1.807, 2.05) is 30.3 Å². The largest absolute Gasteiger partial charge is 0.419 e. The van der Waals surface area contributed by atoms with E-state index in [1.54, 1.807) is 0 Å². The van der Waals surface area contributed by atoms with Crippen LogP contribution in [0.3, 0.4) is 0 Å². The highest BCUT2D eigenvalue weighted by Gasteiger charge is 2.23. The zero-order chi connectivity index (χ0) is 13.8. The van der Waals surface area contributed by atoms with E-state index in [4.69, 9.17) is 10.2 Å². The predicted octanol–water partition coefficient (Wildman–Crippen LogP) is 2.05. The Kier molecular flexibility index (Phi) is 4.08. The van der Waals surface area contributed by atoms with E-state index in [0.717, 1.165) is 18.5 Å². The Morgan fingerprint density at radius 2 is 2.05 bits per heavy atom. The van der Waals surface area contributed by atoms with Crippen molar-refractivity contribution < 1.29 is 4.42 Å². The van der Waals surface area contributed by atoms with Gasteiger partial charge in [-0.2, -0.15) is 0 Å². The fourth-order valence-electron chi connectivity index (χ4n) is 2.72. The van der Waals surface area contributed by atoms with Gasteiger partial charge in [0.2, 0.25) is 11.8 Å². The Labute approximate surface area is 118 Å². The molecule has 2 aromatic rings. The quantitative estimate of drug-likeness (QED) is 0.922. The topological polar surface area (TPSA) is 68.2 Å². The zero-order valence-corrected chi connectivity index (χ0v) is 11.5. The third-order valence-electron chi connectivity index (χ3n) is 3.85. The number of nitrogens with zero attached hydrogens (tertiary/aromatic N) is 3. The third kappa shape index (κ3) is 2.89. The molecule has 2 heterocycles. The van der Waals surface area contributed by atoms with Gasteiger partial charge in [0.15, 0.2) is 0 Å². The van der Waals surface area contributed by atoms with Crippen LogP contribution < -0.4 is 5.73 Å². The van der Waals surface area contributed by atoms with E-state index >= 15 is 0 Å². The third-order valence-corrected chi connectivity index (χ3v) is 3.85. The van der Waals surface area contributed by atoms with Crippen molar-refractivity contribution in [3.8, 4) is 11.5 Å². The minimum Gasteiger partial charge on any atom is -0.419 e. The first-order chi connectivity index (χ1) is 9.86. The lowest BCUT2D eigenvalue weighted by Crippen LogP contribution is -2.43. The van der Waals surface area contributed by atoms with E-state index in [1.165, 1.54) is 12.8 Å². The summed E-state index contributed by atoms with van der Waals surface area (Å²) in [4.78, 5) is 2.35. The van der Waals surface area contributed by atoms with Gasteiger partial charge in [0.1, 0.15) is 0 Å². The van der Waals surface area contributed by atoms with E-state index in [-0.39, 0.29) is 0 Å². The molecule has 1 aromatic heterocycles. The molecule has 0 bridgehead atoms. The van der Waals surface area contributed by atoms with Crippen LogP contribution in [0.15, 0.2) is 34.7 Å². The van der Waals surface area contributed by atoms with Crippen LogP contribution in [0.1, 0.15) is 25.2 Å². The van der Waals surface area contributed by atoms with Crippen LogP contribution in [0.2, 0.25) is 0 Å². The molecule has 1 fully saturated rings. The standard InChI is InChI=1S/C15H20N4O/c16-10-13-8-4-5-9-19(13)11-14-17-18-15(20-14)12-6-2-1-3-7-12/h1-3,6-7,13H,4-5,8-11,16H2. The number of nitrogens with two attached hydrogens (primary N) is 1. The molecule has 0 saturated carbocycles. The molecule has 1 atom stereocenters. The average Bonchev–Trinajstić information content (AvgIpc) is 2.97. The SMILES string of the molecule is NCC1CCCCN1Cc1nnc(-c2ccccc2)o1. The molecule has 20 heavy (non-hydrogen) atoms. The maximum Gasteiger partial charge on any atom is 0.247 e. The normalized spacial score (nSPS) is 20.1. The summed E-state index contributed by atoms with van der Waals surface area (Å²) in [5.41, 5.74) is 6.79. The fourth-order valence-corrected chi connectivity index (χ4v) is 2.72. The number of aromatic nitrogens is 2. The van der Waals surface area contributed by atoms with Gasteiger partial charge < -0.3 is 10.2 Å². The number of hydrogen-bond donors (Lipinski definition) is 1. The molecule has 0 spiro atoms. The molecule has 0 radical (unpaired) electrons. The van der Waals surface area contributed by atoms with Gasteiger partial charge in [-0.05, 0) is 31.5 Å². The molecular weight excluding hydrogens is 252 g/mol. The average molecular weight is 272 g/mol. The van der Waals surface area contributed by atoms with Crippen molar-refractivity contribution in [3.05, 3.63) is 36.2 Å². The second kappa shape index (κ2) is 6.15. The summed E-state index contributed by atoms with van der Waals surface area (Å²) in [5, 5.41) is 8.28. The molecule has 2 N–H and O–H groups in total. The van der Waals surface area contributed by atoms with Crippen molar-refractivity contribution in [3.63, 3.8) is 0 Å². The lowest BCUT2D eigenvalue weighted by Gasteiger charge is -2.33. The van der Waals surface area contributed by atoms with E-state index < -0.39 is 0 Å². The van der Waals surface area contributed by atoms with Gasteiger partial charge >= 0.3 is 0 Å². The molecule has 1 aliphatic rings. The summed E-state index contributed by atoms with van der Waals surface area (Å²) in [7, 11) is 0. The molecule has 1 unspecified atom stereocenters. The molecule has 1 aliphatic heterocycles. The summed E-state index contributed by atoms with van der Waals surface area (Å²) in [5.74, 6) is 1.26. The summed E-state index contributed by atoms with van der Waals surface area (Å²) in [6.07, 6.45) is 3.64. The van der Waals surface area contributed by atoms with Crippen molar-refractivity contribution in [2.45, 2.75) is 31.8 Å². The number of rotatable bonds is 4. The molecule has 3 rings (SSSR count). The molecule has 0 aliphatic carbocycles. The Bertz CT molecular complexity index is 540. The van der Waals surface area contributed by atoms with Crippen LogP contribution in [-0.4, -0.2) is 34.2 Å². The van der Waals surface area contributed by atoms with Crippen molar-refractivity contribution in [2.24, 2.45) is 5.73 Å². The first-order valence-corrected chi connectivity index (χ1v) is 7.19. The Hall–Kier alpha value is -1.72. The number of hydrogen-bond acceptors (Lipinski definition) is 5. The van der Waals surface area contributed by atoms with Crippen LogP contribution in [-0.2, 0) is 6.54 Å². The number of piperidine rings is 1. The summed E-state index contributed by atoms with van der Waals surface area (Å²) in [6.45, 7) is 2.45. The van der Waals surface area contributed by atoms with Crippen LogP contribution in [0, 0.1) is 0 Å². The molecule has 1 aromatic carbocycles. The lowest BCUT2D eigenvalue weighted by molar-refractivity contribution is 0.132. The van der Waals surface area contributed by atoms with Crippen LogP contribution in [0.25, 0.3) is 11.5 Å². The maximum atomic E-state index is 5.84. The van der Waals surface area contributed by atoms with Crippen LogP contribution >= 0.6 is 0 Å². The molecule has 0 amide bonds. The maximum absolute atomic E-state index is 5.84. The molecule has 5 heteroatoms. The van der Waals surface area contributed by atoms with Gasteiger partial charge in [0.25, 0.3) is 0 Å². The van der Waals surface area contributed by atoms with Gasteiger partial charge in [-0.15, -0.1) is 10.2 Å². The van der Waals surface area contributed by atoms with Crippen molar-refractivity contribution in [1.29, 1.82) is 0 Å². The summed E-state index contributed by atoms with van der Waals surface area (Å²) < 4.78 is 5.76. The highest BCUT2D eigenvalue weighted by atomic mass is 16.4. The van der Waals surface area contributed by atoms with Gasteiger partial charge in [-0.1, -0.05) is 24.6 Å². The fraction of sp³-hybridized carbons (Fsp3) is 0.467. The molecular formula is C15H20N4O. The summed E-state index contributed by atoms with van der Waals surface area (Å²) in [6, 6.07) is 10.3. The summed E-state index contributed by atoms with van der Waals surface area (Å²) >= 11 is 0. The van der Waals surface area contributed by atoms with Gasteiger partial charge in [0, 0.05) is 18.2 Å². The second-order valence-electron chi connectivity index (χ2n) is 5.22. The van der Waals surface area contributed by atoms with Crippen molar-refractivity contribution in [2.75, 3.05) is 13.1 Å². The van der Waals surface area contributed by atoms with Crippen LogP contribution in [0.5, 0.6) is 0 Å². The van der Waals surface area contributed by atoms with Crippen LogP contribution in [0.4, 0.5) is 0 Å². The highest BCUT2D eigenvalue weighted by molar-refractivity contribution is 5.51. The number of benzene rings is 1. The first-order valence-electron chi connectivity index (χ1n) is 7.19. The minimum absolute atomic E-state index is 0.441.